The summed E-state index contributed by atoms with van der Waals surface area (Å²) >= 11 is 0. The SMILES string of the molecule is C1CCC(C(CP(C23CC4CC(CC(C4)C2)C3)C23CC4CC(CC(C4)C2)C3)CP(C23CC4CC(CC(C4)C2)C3)C23CC4CC(CC(C4)C2)C3)C1. The predicted molar refractivity (Wildman–Crippen MR) is 213 cm³/mol. The summed E-state index contributed by atoms with van der Waals surface area (Å²) in [6.07, 6.45) is 51.0. The first kappa shape index (κ1) is 32.0. The first-order valence-corrected chi connectivity index (χ1v) is 27.0. The van der Waals surface area contributed by atoms with Crippen LogP contribution in [-0.4, -0.2) is 32.9 Å². The average Bonchev–Trinajstić information content (AvgIpc) is 3.57. The summed E-state index contributed by atoms with van der Waals surface area (Å²) in [5.74, 6) is 16.1. The first-order chi connectivity index (χ1) is 24.4. The highest BCUT2D eigenvalue weighted by Crippen LogP contribution is 2.82. The summed E-state index contributed by atoms with van der Waals surface area (Å²) < 4.78 is 0. The molecule has 0 heterocycles. The van der Waals surface area contributed by atoms with E-state index in [0.717, 1.165) is 103 Å². The highest BCUT2D eigenvalue weighted by atomic mass is 31.1. The molecule has 0 aromatic heterocycles. The van der Waals surface area contributed by atoms with Crippen molar-refractivity contribution >= 4 is 15.8 Å². The smallest absolute Gasteiger partial charge is 0.00814 e. The van der Waals surface area contributed by atoms with Crippen LogP contribution >= 0.6 is 15.8 Å². The van der Waals surface area contributed by atoms with Crippen LogP contribution < -0.4 is 0 Å². The normalized spacial score (nSPS) is 59.5. The van der Waals surface area contributed by atoms with E-state index in [0.29, 0.717) is 0 Å². The fraction of sp³-hybridized carbons (Fsp3) is 1.00. The predicted octanol–water partition coefficient (Wildman–Crippen LogP) is 13.6. The molecule has 0 aliphatic heterocycles. The van der Waals surface area contributed by atoms with Gasteiger partial charge in [-0.15, -0.1) is 0 Å². The van der Waals surface area contributed by atoms with Crippen molar-refractivity contribution in [1.29, 1.82) is 0 Å². The van der Waals surface area contributed by atoms with Crippen molar-refractivity contribution in [2.45, 2.75) is 200 Å². The molecule has 17 aliphatic carbocycles. The van der Waals surface area contributed by atoms with Gasteiger partial charge in [-0.25, -0.2) is 0 Å². The molecule has 0 nitrogen and oxygen atoms in total. The van der Waals surface area contributed by atoms with Crippen LogP contribution in [0.3, 0.4) is 0 Å². The minimum atomic E-state index is 0.149. The van der Waals surface area contributed by atoms with Gasteiger partial charge in [0, 0.05) is 0 Å². The molecule has 17 saturated carbocycles. The Hall–Kier alpha value is 0.860. The van der Waals surface area contributed by atoms with E-state index >= 15 is 0 Å². The van der Waals surface area contributed by atoms with Gasteiger partial charge < -0.3 is 0 Å². The zero-order chi connectivity index (χ0) is 32.5. The maximum Gasteiger partial charge on any atom is -0.00814 e. The maximum absolute atomic E-state index is 1.83. The monoisotopic (exact) mass is 713 g/mol. The highest BCUT2D eigenvalue weighted by Gasteiger charge is 2.65. The van der Waals surface area contributed by atoms with Crippen LogP contribution in [-0.2, 0) is 0 Å². The standard InChI is InChI=1S/C48H74P2/c1-2-4-43(3-1)44(29-49(45-17-31-5-32(18-45)7-33(6-31)19-45)46-20-34-8-35(21-46)10-36(9-34)22-46)30-50(47-23-37-11-38(24-47)13-39(12-37)25-47)48-26-40-14-41(27-48)16-42(15-40)28-48/h31-44H,1-30H2. The van der Waals surface area contributed by atoms with E-state index in [1.165, 1.54) is 0 Å². The summed E-state index contributed by atoms with van der Waals surface area (Å²) in [6.45, 7) is 0. The molecule has 16 bridgehead atoms. The summed E-state index contributed by atoms with van der Waals surface area (Å²) in [5.41, 5.74) is 0. The summed E-state index contributed by atoms with van der Waals surface area (Å²) in [7, 11) is 0.298. The zero-order valence-corrected chi connectivity index (χ0v) is 34.0. The quantitative estimate of drug-likeness (QED) is 0.209. The third kappa shape index (κ3) is 4.85. The van der Waals surface area contributed by atoms with Crippen LogP contribution in [0.15, 0.2) is 0 Å². The van der Waals surface area contributed by atoms with Crippen molar-refractivity contribution in [2.24, 2.45) is 82.9 Å². The molecule has 2 heteroatoms. The molecule has 0 radical (unpaired) electrons. The Morgan fingerprint density at radius 3 is 0.720 bits per heavy atom. The highest BCUT2D eigenvalue weighted by molar-refractivity contribution is 7.62. The van der Waals surface area contributed by atoms with Crippen LogP contribution in [0, 0.1) is 82.9 Å². The van der Waals surface area contributed by atoms with E-state index in [1.54, 1.807) is 180 Å². The number of hydrogen-bond acceptors (Lipinski definition) is 0. The van der Waals surface area contributed by atoms with E-state index in [2.05, 4.69) is 0 Å². The van der Waals surface area contributed by atoms with Crippen LogP contribution in [0.4, 0.5) is 0 Å². The maximum atomic E-state index is 1.83. The van der Waals surface area contributed by atoms with Gasteiger partial charge in [0.1, 0.15) is 0 Å². The van der Waals surface area contributed by atoms with E-state index in [4.69, 9.17) is 0 Å². The van der Waals surface area contributed by atoms with Crippen LogP contribution in [0.5, 0.6) is 0 Å². The molecular formula is C48H74P2. The molecule has 0 amide bonds. The molecule has 0 atom stereocenters. The van der Waals surface area contributed by atoms with Gasteiger partial charge in [-0.05, 0) is 270 Å². The van der Waals surface area contributed by atoms with Gasteiger partial charge in [-0.1, -0.05) is 41.5 Å². The van der Waals surface area contributed by atoms with Gasteiger partial charge >= 0.3 is 0 Å². The molecule has 17 aliphatic rings. The largest absolute Gasteiger partial charge is 0.0936 e. The second-order valence-corrected chi connectivity index (χ2v) is 30.8. The molecule has 0 saturated heterocycles. The Labute approximate surface area is 310 Å². The van der Waals surface area contributed by atoms with Crippen molar-refractivity contribution in [3.05, 3.63) is 0 Å². The third-order valence-electron chi connectivity index (χ3n) is 21.2. The molecule has 0 spiro atoms. The van der Waals surface area contributed by atoms with Crippen LogP contribution in [0.1, 0.15) is 180 Å². The molecule has 0 aromatic carbocycles. The Balaban J connectivity index is 0.915. The van der Waals surface area contributed by atoms with Crippen LogP contribution in [0.25, 0.3) is 0 Å². The summed E-state index contributed by atoms with van der Waals surface area (Å²) in [6, 6.07) is 0. The van der Waals surface area contributed by atoms with Crippen molar-refractivity contribution in [1.82, 2.24) is 0 Å². The third-order valence-corrected chi connectivity index (χ3v) is 29.7. The molecule has 0 unspecified atom stereocenters. The minimum Gasteiger partial charge on any atom is -0.0936 e. The Morgan fingerprint density at radius 1 is 0.320 bits per heavy atom. The lowest BCUT2D eigenvalue weighted by molar-refractivity contribution is 0.0176. The second kappa shape index (κ2) is 11.3. The summed E-state index contributed by atoms with van der Waals surface area (Å²) in [5, 5.41) is 3.38. The average molecular weight is 713 g/mol. The van der Waals surface area contributed by atoms with Gasteiger partial charge in [0.2, 0.25) is 0 Å². The van der Waals surface area contributed by atoms with E-state index < -0.39 is 0 Å². The Kier molecular flexibility index (Phi) is 7.20. The fourth-order valence-corrected chi connectivity index (χ4v) is 32.9. The van der Waals surface area contributed by atoms with E-state index in [9.17, 15) is 0 Å². The number of hydrogen-bond donors (Lipinski definition) is 0. The number of rotatable bonds is 9. The van der Waals surface area contributed by atoms with Gasteiger partial charge in [0.25, 0.3) is 0 Å². The molecule has 276 valence electrons. The Bertz CT molecular complexity index is 1030. The molecule has 0 N–H and O–H groups in total. The second-order valence-electron chi connectivity index (χ2n) is 24.6. The van der Waals surface area contributed by atoms with E-state index in [1.807, 2.05) is 12.3 Å². The van der Waals surface area contributed by atoms with Crippen molar-refractivity contribution < 1.29 is 0 Å². The van der Waals surface area contributed by atoms with Crippen molar-refractivity contribution in [3.63, 3.8) is 0 Å². The fourth-order valence-electron chi connectivity index (χ4n) is 21.6. The van der Waals surface area contributed by atoms with Crippen LogP contribution in [0.2, 0.25) is 0 Å². The molecule has 17 fully saturated rings. The van der Waals surface area contributed by atoms with E-state index in [-0.39, 0.29) is 15.8 Å². The topological polar surface area (TPSA) is 0 Å². The molecular weight excluding hydrogens is 638 g/mol. The lowest BCUT2D eigenvalue weighted by atomic mass is 9.55. The van der Waals surface area contributed by atoms with Gasteiger partial charge in [-0.3, -0.25) is 0 Å². The van der Waals surface area contributed by atoms with Gasteiger partial charge in [0.15, 0.2) is 0 Å². The lowest BCUT2D eigenvalue weighted by Crippen LogP contribution is -2.58. The lowest BCUT2D eigenvalue weighted by Gasteiger charge is -2.69. The van der Waals surface area contributed by atoms with Crippen molar-refractivity contribution in [3.8, 4) is 0 Å². The first-order valence-electron chi connectivity index (χ1n) is 23.9. The molecule has 0 aromatic rings. The molecule has 17 rings (SSSR count). The molecule has 50 heavy (non-hydrogen) atoms. The zero-order valence-electron chi connectivity index (χ0n) is 32.2. The summed E-state index contributed by atoms with van der Waals surface area (Å²) in [4.78, 5) is 0. The van der Waals surface area contributed by atoms with Crippen molar-refractivity contribution in [2.75, 3.05) is 12.3 Å². The van der Waals surface area contributed by atoms with Gasteiger partial charge in [0.05, 0.1) is 0 Å². The minimum absolute atomic E-state index is 0.149. The Morgan fingerprint density at radius 2 is 0.520 bits per heavy atom. The van der Waals surface area contributed by atoms with Gasteiger partial charge in [-0.2, -0.15) is 0 Å².